The summed E-state index contributed by atoms with van der Waals surface area (Å²) >= 11 is 0. The third-order valence-corrected chi connectivity index (χ3v) is 3.67. The molecular weight excluding hydrogens is 293 g/mol. The fourth-order valence-electron chi connectivity index (χ4n) is 2.54. The lowest BCUT2D eigenvalue weighted by molar-refractivity contribution is -0.604. The highest BCUT2D eigenvalue weighted by Crippen LogP contribution is 2.30. The van der Waals surface area contributed by atoms with E-state index in [4.69, 9.17) is 4.74 Å². The van der Waals surface area contributed by atoms with Crippen molar-refractivity contribution in [2.24, 2.45) is 0 Å². The van der Waals surface area contributed by atoms with E-state index in [9.17, 15) is 9.60 Å². The van der Waals surface area contributed by atoms with E-state index in [1.165, 1.54) is 24.5 Å². The molecule has 1 heterocycles. The van der Waals surface area contributed by atoms with Crippen LogP contribution in [0.5, 0.6) is 5.75 Å². The molecule has 0 aliphatic heterocycles. The van der Waals surface area contributed by atoms with Gasteiger partial charge in [0.25, 0.3) is 0 Å². The zero-order chi connectivity index (χ0) is 16.2. The molecule has 0 fully saturated rings. The number of nitrogens with zero attached hydrogens (tertiary/aromatic N) is 1. The van der Waals surface area contributed by atoms with Crippen LogP contribution in [0.1, 0.15) is 11.1 Å². The Balaban J connectivity index is 1.97. The zero-order valence-corrected chi connectivity index (χ0v) is 12.7. The summed E-state index contributed by atoms with van der Waals surface area (Å²) in [7, 11) is 1.60. The van der Waals surface area contributed by atoms with Crippen molar-refractivity contribution >= 4 is 0 Å². The van der Waals surface area contributed by atoms with E-state index in [2.05, 4.69) is 0 Å². The van der Waals surface area contributed by atoms with Crippen LogP contribution >= 0.6 is 0 Å². The number of aromatic nitrogens is 1. The number of methoxy groups -OCH3 is 1. The number of ether oxygens (including phenoxy) is 1. The van der Waals surface area contributed by atoms with E-state index in [1.807, 2.05) is 24.3 Å². The summed E-state index contributed by atoms with van der Waals surface area (Å²) in [6, 6.07) is 15.9. The van der Waals surface area contributed by atoms with Crippen LogP contribution in [0.15, 0.2) is 67.0 Å². The summed E-state index contributed by atoms with van der Waals surface area (Å²) < 4.78 is 19.2. The third kappa shape index (κ3) is 3.48. The van der Waals surface area contributed by atoms with Crippen molar-refractivity contribution in [3.05, 3.63) is 89.1 Å². The molecule has 4 heteroatoms. The summed E-state index contributed by atoms with van der Waals surface area (Å²) in [6.07, 6.45) is 3.64. The van der Waals surface area contributed by atoms with Gasteiger partial charge in [0.15, 0.2) is 12.4 Å². The molecule has 0 bridgehead atoms. The predicted octanol–water partition coefficient (Wildman–Crippen LogP) is 3.73. The second-order valence-electron chi connectivity index (χ2n) is 5.29. The molecule has 1 aromatic heterocycles. The molecule has 0 amide bonds. The molecule has 0 saturated carbocycles. The first-order valence-electron chi connectivity index (χ1n) is 7.26. The summed E-state index contributed by atoms with van der Waals surface area (Å²) in [5.74, 6) is 0.465. The minimum Gasteiger partial charge on any atom is -0.619 e. The molecule has 116 valence electrons. The average Bonchev–Trinajstić information content (AvgIpc) is 2.57. The fourth-order valence-corrected chi connectivity index (χ4v) is 2.54. The second kappa shape index (κ2) is 6.48. The summed E-state index contributed by atoms with van der Waals surface area (Å²) in [4.78, 5) is 0. The van der Waals surface area contributed by atoms with Gasteiger partial charge >= 0.3 is 0 Å². The molecule has 0 aliphatic rings. The molecule has 0 atom stereocenters. The quantitative estimate of drug-likeness (QED) is 0.544. The van der Waals surface area contributed by atoms with E-state index in [1.54, 1.807) is 25.3 Å². The molecule has 0 aliphatic carbocycles. The van der Waals surface area contributed by atoms with Crippen molar-refractivity contribution in [2.45, 2.75) is 6.42 Å². The Labute approximate surface area is 134 Å². The van der Waals surface area contributed by atoms with Crippen LogP contribution < -0.4 is 9.47 Å². The summed E-state index contributed by atoms with van der Waals surface area (Å²) in [5.41, 5.74) is 3.74. The predicted molar refractivity (Wildman–Crippen MR) is 86.6 cm³/mol. The molecule has 3 rings (SSSR count). The Kier molecular flexibility index (Phi) is 4.24. The number of halogens is 1. The van der Waals surface area contributed by atoms with Crippen LogP contribution in [0.2, 0.25) is 0 Å². The maximum absolute atomic E-state index is 13.0. The lowest BCUT2D eigenvalue weighted by Crippen LogP contribution is -2.24. The monoisotopic (exact) mass is 309 g/mol. The van der Waals surface area contributed by atoms with Crippen molar-refractivity contribution in [1.82, 2.24) is 0 Å². The van der Waals surface area contributed by atoms with Crippen molar-refractivity contribution in [1.29, 1.82) is 0 Å². The van der Waals surface area contributed by atoms with Gasteiger partial charge in [0.05, 0.1) is 12.7 Å². The third-order valence-electron chi connectivity index (χ3n) is 3.67. The van der Waals surface area contributed by atoms with Crippen LogP contribution in [0.4, 0.5) is 4.39 Å². The molecule has 0 unspecified atom stereocenters. The molecule has 0 radical (unpaired) electrons. The van der Waals surface area contributed by atoms with Gasteiger partial charge in [0.2, 0.25) is 0 Å². The summed E-state index contributed by atoms with van der Waals surface area (Å²) in [6.45, 7) is 0. The molecule has 2 aromatic carbocycles. The van der Waals surface area contributed by atoms with Crippen LogP contribution in [0.3, 0.4) is 0 Å². The second-order valence-corrected chi connectivity index (χ2v) is 5.29. The van der Waals surface area contributed by atoms with Gasteiger partial charge in [-0.3, -0.25) is 0 Å². The van der Waals surface area contributed by atoms with Crippen molar-refractivity contribution < 1.29 is 13.9 Å². The SMILES string of the molecule is COc1ccc(Cc2ccc(F)cc2)cc1-c1ccc[n+]([O-])c1. The first-order chi connectivity index (χ1) is 11.2. The molecular formula is C19H16FNO2. The molecule has 3 aromatic rings. The molecule has 23 heavy (non-hydrogen) atoms. The maximum Gasteiger partial charge on any atom is 0.188 e. The van der Waals surface area contributed by atoms with Gasteiger partial charge < -0.3 is 9.94 Å². The van der Waals surface area contributed by atoms with Crippen LogP contribution in [-0.2, 0) is 6.42 Å². The number of benzene rings is 2. The van der Waals surface area contributed by atoms with Crippen LogP contribution in [0.25, 0.3) is 11.1 Å². The van der Waals surface area contributed by atoms with Gasteiger partial charge in [-0.2, -0.15) is 4.73 Å². The molecule has 0 spiro atoms. The Hall–Kier alpha value is -2.88. The molecule has 0 N–H and O–H groups in total. The van der Waals surface area contributed by atoms with E-state index in [0.29, 0.717) is 12.2 Å². The minimum atomic E-state index is -0.242. The first-order valence-corrected chi connectivity index (χ1v) is 7.26. The standard InChI is InChI=1S/C19H16FNO2/c1-23-19-9-6-15(11-14-4-7-17(20)8-5-14)12-18(19)16-3-2-10-21(22)13-16/h2-10,12-13H,11H2,1H3. The van der Waals surface area contributed by atoms with Gasteiger partial charge in [0.1, 0.15) is 11.6 Å². The van der Waals surface area contributed by atoms with E-state index in [0.717, 1.165) is 27.0 Å². The lowest BCUT2D eigenvalue weighted by Gasteiger charge is -2.11. The smallest absolute Gasteiger partial charge is 0.188 e. The normalized spacial score (nSPS) is 10.5. The highest BCUT2D eigenvalue weighted by molar-refractivity contribution is 5.70. The summed E-state index contributed by atoms with van der Waals surface area (Å²) in [5, 5.41) is 11.5. The van der Waals surface area contributed by atoms with E-state index in [-0.39, 0.29) is 5.82 Å². The Morgan fingerprint density at radius 2 is 1.78 bits per heavy atom. The average molecular weight is 309 g/mol. The molecule has 0 saturated heterocycles. The van der Waals surface area contributed by atoms with E-state index >= 15 is 0 Å². The van der Waals surface area contributed by atoms with Gasteiger partial charge in [-0.25, -0.2) is 4.39 Å². The Bertz CT molecular complexity index is 816. The van der Waals surface area contributed by atoms with Gasteiger partial charge in [-0.05, 0) is 47.9 Å². The largest absolute Gasteiger partial charge is 0.619 e. The fraction of sp³-hybridized carbons (Fsp3) is 0.105. The van der Waals surface area contributed by atoms with Gasteiger partial charge in [-0.15, -0.1) is 0 Å². The van der Waals surface area contributed by atoms with Crippen LogP contribution in [-0.4, -0.2) is 7.11 Å². The van der Waals surface area contributed by atoms with Crippen molar-refractivity contribution in [3.8, 4) is 16.9 Å². The zero-order valence-electron chi connectivity index (χ0n) is 12.7. The highest BCUT2D eigenvalue weighted by Gasteiger charge is 2.10. The van der Waals surface area contributed by atoms with Gasteiger partial charge in [0, 0.05) is 11.6 Å². The van der Waals surface area contributed by atoms with E-state index < -0.39 is 0 Å². The maximum atomic E-state index is 13.0. The lowest BCUT2D eigenvalue weighted by atomic mass is 9.99. The van der Waals surface area contributed by atoms with Gasteiger partial charge in [-0.1, -0.05) is 18.2 Å². The van der Waals surface area contributed by atoms with Crippen LogP contribution in [0, 0.1) is 11.0 Å². The topological polar surface area (TPSA) is 36.2 Å². The Morgan fingerprint density at radius 1 is 1.04 bits per heavy atom. The number of hydrogen-bond acceptors (Lipinski definition) is 2. The van der Waals surface area contributed by atoms with Crippen molar-refractivity contribution in [3.63, 3.8) is 0 Å². The number of hydrogen-bond donors (Lipinski definition) is 0. The minimum absolute atomic E-state index is 0.242. The number of pyridine rings is 1. The van der Waals surface area contributed by atoms with Crippen molar-refractivity contribution in [2.75, 3.05) is 7.11 Å². The first kappa shape index (κ1) is 15.0. The molecule has 3 nitrogen and oxygen atoms in total. The number of rotatable bonds is 4. The highest BCUT2D eigenvalue weighted by atomic mass is 19.1. The Morgan fingerprint density at radius 3 is 2.48 bits per heavy atom.